The number of nitrogens with zero attached hydrogens (tertiary/aromatic N) is 2. The average Bonchev–Trinajstić information content (AvgIpc) is 2.85. The first kappa shape index (κ1) is 14.9. The van der Waals surface area contributed by atoms with E-state index in [1.165, 1.54) is 58.4 Å². The summed E-state index contributed by atoms with van der Waals surface area (Å²) in [6, 6.07) is 0.710. The van der Waals surface area contributed by atoms with Crippen molar-refractivity contribution >= 4 is 0 Å². The van der Waals surface area contributed by atoms with E-state index in [-0.39, 0.29) is 0 Å². The highest BCUT2D eigenvalue weighted by Crippen LogP contribution is 2.06. The zero-order valence-electron chi connectivity index (χ0n) is 12.0. The van der Waals surface area contributed by atoms with E-state index in [9.17, 15) is 0 Å². The lowest BCUT2D eigenvalue weighted by molar-refractivity contribution is 0.254. The third-order valence-electron chi connectivity index (χ3n) is 3.91. The summed E-state index contributed by atoms with van der Waals surface area (Å²) in [5.74, 6) is 0. The fourth-order valence-electron chi connectivity index (χ4n) is 2.47. The van der Waals surface area contributed by atoms with Gasteiger partial charge in [0.25, 0.3) is 0 Å². The van der Waals surface area contributed by atoms with Gasteiger partial charge in [0.2, 0.25) is 0 Å². The second kappa shape index (κ2) is 8.90. The quantitative estimate of drug-likeness (QED) is 0.664. The standard InChI is InChI=1S/C14H31N3/c1-4-14(5-2)15-8-11-16(3)12-13-17-9-6-7-10-17/h14-15H,4-13H2,1-3H3. The van der Waals surface area contributed by atoms with Gasteiger partial charge in [-0.1, -0.05) is 13.8 Å². The van der Waals surface area contributed by atoms with Gasteiger partial charge in [-0.25, -0.2) is 0 Å². The van der Waals surface area contributed by atoms with Crippen molar-refractivity contribution in [1.29, 1.82) is 0 Å². The molecule has 1 N–H and O–H groups in total. The highest BCUT2D eigenvalue weighted by atomic mass is 15.2. The molecule has 1 heterocycles. The fraction of sp³-hybridized carbons (Fsp3) is 1.00. The van der Waals surface area contributed by atoms with Gasteiger partial charge < -0.3 is 15.1 Å². The number of likely N-dealkylation sites (N-methyl/N-ethyl adjacent to an activating group) is 1. The summed E-state index contributed by atoms with van der Waals surface area (Å²) in [5, 5.41) is 3.62. The molecule has 0 amide bonds. The Balaban J connectivity index is 1.98. The topological polar surface area (TPSA) is 18.5 Å². The van der Waals surface area contributed by atoms with Gasteiger partial charge in [-0.15, -0.1) is 0 Å². The van der Waals surface area contributed by atoms with Gasteiger partial charge in [0, 0.05) is 32.2 Å². The van der Waals surface area contributed by atoms with Gasteiger partial charge in [0.05, 0.1) is 0 Å². The van der Waals surface area contributed by atoms with E-state index in [2.05, 4.69) is 36.0 Å². The predicted molar refractivity (Wildman–Crippen MR) is 75.5 cm³/mol. The number of nitrogens with one attached hydrogen (secondary N) is 1. The Morgan fingerprint density at radius 3 is 2.35 bits per heavy atom. The molecule has 0 aromatic rings. The number of rotatable bonds is 9. The Morgan fingerprint density at radius 1 is 1.12 bits per heavy atom. The van der Waals surface area contributed by atoms with E-state index < -0.39 is 0 Å². The monoisotopic (exact) mass is 241 g/mol. The van der Waals surface area contributed by atoms with Crippen LogP contribution < -0.4 is 5.32 Å². The predicted octanol–water partition coefficient (Wildman–Crippen LogP) is 1.79. The van der Waals surface area contributed by atoms with Gasteiger partial charge in [0.15, 0.2) is 0 Å². The lowest BCUT2D eigenvalue weighted by Crippen LogP contribution is -2.38. The van der Waals surface area contributed by atoms with E-state index in [0.717, 1.165) is 6.54 Å². The van der Waals surface area contributed by atoms with Gasteiger partial charge in [-0.2, -0.15) is 0 Å². The molecule has 0 saturated carbocycles. The minimum Gasteiger partial charge on any atom is -0.313 e. The first-order valence-corrected chi connectivity index (χ1v) is 7.40. The SMILES string of the molecule is CCC(CC)NCCN(C)CCN1CCCC1. The number of likely N-dealkylation sites (tertiary alicyclic amines) is 1. The van der Waals surface area contributed by atoms with Crippen LogP contribution >= 0.6 is 0 Å². The highest BCUT2D eigenvalue weighted by molar-refractivity contribution is 4.68. The van der Waals surface area contributed by atoms with Crippen LogP contribution in [0.5, 0.6) is 0 Å². The summed E-state index contributed by atoms with van der Waals surface area (Å²) in [4.78, 5) is 5.04. The maximum atomic E-state index is 3.62. The molecule has 0 aromatic heterocycles. The maximum Gasteiger partial charge on any atom is 0.0109 e. The fourth-order valence-corrected chi connectivity index (χ4v) is 2.47. The minimum atomic E-state index is 0.710. The van der Waals surface area contributed by atoms with E-state index in [1.54, 1.807) is 0 Å². The molecule has 1 aliphatic heterocycles. The van der Waals surface area contributed by atoms with Crippen LogP contribution in [0.15, 0.2) is 0 Å². The van der Waals surface area contributed by atoms with E-state index in [4.69, 9.17) is 0 Å². The largest absolute Gasteiger partial charge is 0.313 e. The molecular formula is C14H31N3. The maximum absolute atomic E-state index is 3.62. The van der Waals surface area contributed by atoms with Crippen LogP contribution in [0.1, 0.15) is 39.5 Å². The highest BCUT2D eigenvalue weighted by Gasteiger charge is 2.11. The Bertz CT molecular complexity index is 174. The average molecular weight is 241 g/mol. The van der Waals surface area contributed by atoms with Crippen molar-refractivity contribution in [3.8, 4) is 0 Å². The zero-order valence-corrected chi connectivity index (χ0v) is 12.0. The summed E-state index contributed by atoms with van der Waals surface area (Å²) in [5.41, 5.74) is 0. The van der Waals surface area contributed by atoms with Crippen LogP contribution in [-0.4, -0.2) is 62.2 Å². The van der Waals surface area contributed by atoms with Crippen LogP contribution in [0.4, 0.5) is 0 Å². The summed E-state index contributed by atoms with van der Waals surface area (Å²) in [6.07, 6.45) is 5.29. The van der Waals surface area contributed by atoms with Gasteiger partial charge in [0.1, 0.15) is 0 Å². The van der Waals surface area contributed by atoms with Crippen LogP contribution in [0.2, 0.25) is 0 Å². The minimum absolute atomic E-state index is 0.710. The second-order valence-corrected chi connectivity index (χ2v) is 5.32. The molecule has 0 aliphatic carbocycles. The molecule has 3 heteroatoms. The van der Waals surface area contributed by atoms with Gasteiger partial charge in [-0.05, 0) is 45.8 Å². The summed E-state index contributed by atoms with van der Waals surface area (Å²) in [6.45, 7) is 11.9. The van der Waals surface area contributed by atoms with E-state index in [1.807, 2.05) is 0 Å². The molecule has 102 valence electrons. The molecule has 1 fully saturated rings. The summed E-state index contributed by atoms with van der Waals surface area (Å²) >= 11 is 0. The molecule has 0 aromatic carbocycles. The third-order valence-corrected chi connectivity index (χ3v) is 3.91. The van der Waals surface area contributed by atoms with Crippen molar-refractivity contribution < 1.29 is 0 Å². The smallest absolute Gasteiger partial charge is 0.0109 e. The Hall–Kier alpha value is -0.120. The van der Waals surface area contributed by atoms with Crippen molar-refractivity contribution in [3.05, 3.63) is 0 Å². The van der Waals surface area contributed by atoms with Gasteiger partial charge >= 0.3 is 0 Å². The first-order valence-electron chi connectivity index (χ1n) is 7.40. The van der Waals surface area contributed by atoms with Crippen molar-refractivity contribution in [2.45, 2.75) is 45.6 Å². The Labute approximate surface area is 108 Å². The molecule has 1 aliphatic rings. The first-order chi connectivity index (χ1) is 8.26. The molecule has 0 atom stereocenters. The van der Waals surface area contributed by atoms with Crippen molar-refractivity contribution in [1.82, 2.24) is 15.1 Å². The summed E-state index contributed by atoms with van der Waals surface area (Å²) < 4.78 is 0. The van der Waals surface area contributed by atoms with Crippen molar-refractivity contribution in [2.75, 3.05) is 46.3 Å². The van der Waals surface area contributed by atoms with E-state index in [0.29, 0.717) is 6.04 Å². The van der Waals surface area contributed by atoms with Crippen LogP contribution in [-0.2, 0) is 0 Å². The number of hydrogen-bond donors (Lipinski definition) is 1. The van der Waals surface area contributed by atoms with Crippen LogP contribution in [0.25, 0.3) is 0 Å². The lowest BCUT2D eigenvalue weighted by Gasteiger charge is -2.22. The normalized spacial score (nSPS) is 17.5. The van der Waals surface area contributed by atoms with Crippen LogP contribution in [0.3, 0.4) is 0 Å². The van der Waals surface area contributed by atoms with E-state index >= 15 is 0 Å². The Kier molecular flexibility index (Phi) is 7.82. The molecule has 1 rings (SSSR count). The van der Waals surface area contributed by atoms with Gasteiger partial charge in [-0.3, -0.25) is 0 Å². The van der Waals surface area contributed by atoms with Crippen molar-refractivity contribution in [3.63, 3.8) is 0 Å². The molecule has 0 unspecified atom stereocenters. The second-order valence-electron chi connectivity index (χ2n) is 5.32. The van der Waals surface area contributed by atoms with Crippen LogP contribution in [0, 0.1) is 0 Å². The molecular weight excluding hydrogens is 210 g/mol. The molecule has 17 heavy (non-hydrogen) atoms. The lowest BCUT2D eigenvalue weighted by atomic mass is 10.2. The molecule has 0 spiro atoms. The molecule has 0 bridgehead atoms. The van der Waals surface area contributed by atoms with Crippen molar-refractivity contribution in [2.24, 2.45) is 0 Å². The Morgan fingerprint density at radius 2 is 1.76 bits per heavy atom. The summed E-state index contributed by atoms with van der Waals surface area (Å²) in [7, 11) is 2.24. The third kappa shape index (κ3) is 6.39. The zero-order chi connectivity index (χ0) is 12.5. The number of hydrogen-bond acceptors (Lipinski definition) is 3. The molecule has 3 nitrogen and oxygen atoms in total. The molecule has 1 saturated heterocycles. The molecule has 0 radical (unpaired) electrons.